The van der Waals surface area contributed by atoms with Crippen molar-refractivity contribution in [2.24, 2.45) is 5.92 Å². The Morgan fingerprint density at radius 2 is 1.96 bits per heavy atom. The minimum atomic E-state index is 0.0921. The molecule has 7 nitrogen and oxygen atoms in total. The SMILES string of the molecule is O=C(NCC1CCCO1)C1CCN(c2nnc(-n3cccc3)s2)CC1. The van der Waals surface area contributed by atoms with Gasteiger partial charge < -0.3 is 15.0 Å². The van der Waals surface area contributed by atoms with Crippen LogP contribution in [0.4, 0.5) is 5.13 Å². The van der Waals surface area contributed by atoms with Crippen molar-refractivity contribution < 1.29 is 9.53 Å². The van der Waals surface area contributed by atoms with E-state index in [1.165, 1.54) is 0 Å². The van der Waals surface area contributed by atoms with E-state index in [-0.39, 0.29) is 17.9 Å². The number of piperidine rings is 1. The van der Waals surface area contributed by atoms with Crippen LogP contribution in [0.15, 0.2) is 24.5 Å². The molecule has 2 aliphatic heterocycles. The van der Waals surface area contributed by atoms with Gasteiger partial charge in [-0.2, -0.15) is 0 Å². The molecule has 25 heavy (non-hydrogen) atoms. The van der Waals surface area contributed by atoms with E-state index in [4.69, 9.17) is 4.74 Å². The molecule has 2 saturated heterocycles. The quantitative estimate of drug-likeness (QED) is 0.880. The molecule has 1 amide bonds. The highest BCUT2D eigenvalue weighted by atomic mass is 32.1. The van der Waals surface area contributed by atoms with Gasteiger partial charge in [0.25, 0.3) is 0 Å². The molecule has 0 aliphatic carbocycles. The minimum Gasteiger partial charge on any atom is -0.376 e. The van der Waals surface area contributed by atoms with Crippen LogP contribution in [0.1, 0.15) is 25.7 Å². The molecule has 0 radical (unpaired) electrons. The summed E-state index contributed by atoms with van der Waals surface area (Å²) in [5, 5.41) is 13.4. The number of carbonyl (C=O) groups is 1. The molecule has 2 aromatic rings. The van der Waals surface area contributed by atoms with Crippen molar-refractivity contribution in [3.8, 4) is 5.13 Å². The van der Waals surface area contributed by atoms with Crippen LogP contribution in [-0.4, -0.2) is 53.0 Å². The Bertz CT molecular complexity index is 688. The average molecular weight is 361 g/mol. The summed E-state index contributed by atoms with van der Waals surface area (Å²) >= 11 is 1.58. The van der Waals surface area contributed by atoms with Crippen molar-refractivity contribution in [2.45, 2.75) is 31.8 Å². The van der Waals surface area contributed by atoms with E-state index in [9.17, 15) is 4.79 Å². The highest BCUT2D eigenvalue weighted by molar-refractivity contribution is 7.17. The summed E-state index contributed by atoms with van der Waals surface area (Å²) in [4.78, 5) is 14.6. The fourth-order valence-electron chi connectivity index (χ4n) is 3.40. The molecule has 1 N–H and O–H groups in total. The van der Waals surface area contributed by atoms with E-state index in [1.54, 1.807) is 11.3 Å². The number of hydrogen-bond donors (Lipinski definition) is 1. The van der Waals surface area contributed by atoms with Gasteiger partial charge in [0.15, 0.2) is 0 Å². The Morgan fingerprint density at radius 3 is 2.68 bits per heavy atom. The highest BCUT2D eigenvalue weighted by Crippen LogP contribution is 2.27. The highest BCUT2D eigenvalue weighted by Gasteiger charge is 2.27. The standard InChI is InChI=1S/C17H23N5O2S/c23-15(18-12-14-4-3-11-24-14)13-5-9-22(10-6-13)17-20-19-16(25-17)21-7-1-2-8-21/h1-2,7-8,13-14H,3-6,9-12H2,(H,18,23). The molecule has 2 aliphatic rings. The maximum atomic E-state index is 12.3. The van der Waals surface area contributed by atoms with Crippen molar-refractivity contribution in [2.75, 3.05) is 31.1 Å². The zero-order chi connectivity index (χ0) is 17.1. The maximum Gasteiger partial charge on any atom is 0.223 e. The number of rotatable bonds is 5. The average Bonchev–Trinajstić information content (AvgIpc) is 3.42. The summed E-state index contributed by atoms with van der Waals surface area (Å²) in [6.07, 6.45) is 8.01. The monoisotopic (exact) mass is 361 g/mol. The van der Waals surface area contributed by atoms with E-state index in [1.807, 2.05) is 29.1 Å². The van der Waals surface area contributed by atoms with Crippen LogP contribution in [0, 0.1) is 5.92 Å². The van der Waals surface area contributed by atoms with Crippen molar-refractivity contribution in [1.82, 2.24) is 20.1 Å². The normalized spacial score (nSPS) is 21.6. The summed E-state index contributed by atoms with van der Waals surface area (Å²) in [5.41, 5.74) is 0. The predicted molar refractivity (Wildman–Crippen MR) is 96.2 cm³/mol. The van der Waals surface area contributed by atoms with Gasteiger partial charge in [0.2, 0.25) is 16.2 Å². The topological polar surface area (TPSA) is 72.3 Å². The zero-order valence-electron chi connectivity index (χ0n) is 14.1. The van der Waals surface area contributed by atoms with E-state index in [0.29, 0.717) is 6.54 Å². The molecule has 4 heterocycles. The lowest BCUT2D eigenvalue weighted by Crippen LogP contribution is -2.42. The second-order valence-electron chi connectivity index (χ2n) is 6.60. The Kier molecular flexibility index (Phi) is 4.98. The fourth-order valence-corrected chi connectivity index (χ4v) is 4.26. The Hall–Kier alpha value is -1.93. The van der Waals surface area contributed by atoms with E-state index < -0.39 is 0 Å². The summed E-state index contributed by atoms with van der Waals surface area (Å²) < 4.78 is 7.52. The van der Waals surface area contributed by atoms with E-state index in [0.717, 1.165) is 55.6 Å². The van der Waals surface area contributed by atoms with Crippen LogP contribution in [0.25, 0.3) is 5.13 Å². The third-order valence-corrected chi connectivity index (χ3v) is 5.89. The number of carbonyl (C=O) groups excluding carboxylic acids is 1. The molecule has 0 aromatic carbocycles. The van der Waals surface area contributed by atoms with Gasteiger partial charge in [-0.25, -0.2) is 0 Å². The number of nitrogens with one attached hydrogen (secondary N) is 1. The van der Waals surface area contributed by atoms with Crippen LogP contribution < -0.4 is 10.2 Å². The van der Waals surface area contributed by atoms with Gasteiger partial charge in [-0.3, -0.25) is 9.36 Å². The molecule has 1 unspecified atom stereocenters. The molecular weight excluding hydrogens is 338 g/mol. The molecule has 0 saturated carbocycles. The third kappa shape index (κ3) is 3.85. The van der Waals surface area contributed by atoms with Crippen molar-refractivity contribution >= 4 is 22.4 Å². The van der Waals surface area contributed by atoms with Gasteiger partial charge in [0.05, 0.1) is 6.10 Å². The summed E-state index contributed by atoms with van der Waals surface area (Å²) in [6, 6.07) is 3.95. The van der Waals surface area contributed by atoms with Gasteiger partial charge in [-0.05, 0) is 37.8 Å². The van der Waals surface area contributed by atoms with E-state index in [2.05, 4.69) is 20.4 Å². The molecule has 0 bridgehead atoms. The first-order valence-corrected chi connectivity index (χ1v) is 9.72. The van der Waals surface area contributed by atoms with Crippen LogP contribution in [-0.2, 0) is 9.53 Å². The van der Waals surface area contributed by atoms with Crippen molar-refractivity contribution in [1.29, 1.82) is 0 Å². The van der Waals surface area contributed by atoms with Crippen molar-refractivity contribution in [3.63, 3.8) is 0 Å². The van der Waals surface area contributed by atoms with Gasteiger partial charge in [0, 0.05) is 44.6 Å². The van der Waals surface area contributed by atoms with Gasteiger partial charge >= 0.3 is 0 Å². The first-order valence-electron chi connectivity index (χ1n) is 8.91. The molecule has 1 atom stereocenters. The lowest BCUT2D eigenvalue weighted by molar-refractivity contribution is -0.126. The lowest BCUT2D eigenvalue weighted by Gasteiger charge is -2.30. The fraction of sp³-hybridized carbons (Fsp3) is 0.588. The lowest BCUT2D eigenvalue weighted by atomic mass is 9.96. The Balaban J connectivity index is 1.27. The van der Waals surface area contributed by atoms with Gasteiger partial charge in [-0.1, -0.05) is 11.3 Å². The number of hydrogen-bond acceptors (Lipinski definition) is 6. The van der Waals surface area contributed by atoms with Crippen LogP contribution >= 0.6 is 11.3 Å². The number of anilines is 1. The van der Waals surface area contributed by atoms with Crippen LogP contribution in [0.2, 0.25) is 0 Å². The zero-order valence-corrected chi connectivity index (χ0v) is 15.0. The second-order valence-corrected chi connectivity index (χ2v) is 7.53. The first kappa shape index (κ1) is 16.5. The van der Waals surface area contributed by atoms with E-state index >= 15 is 0 Å². The number of amides is 1. The molecular formula is C17H23N5O2S. The molecule has 0 spiro atoms. The molecule has 4 rings (SSSR count). The maximum absolute atomic E-state index is 12.3. The predicted octanol–water partition coefficient (Wildman–Crippen LogP) is 1.84. The smallest absolute Gasteiger partial charge is 0.223 e. The summed E-state index contributed by atoms with van der Waals surface area (Å²) in [5.74, 6) is 0.259. The third-order valence-electron chi connectivity index (χ3n) is 4.89. The summed E-state index contributed by atoms with van der Waals surface area (Å²) in [7, 11) is 0. The minimum absolute atomic E-state index is 0.0921. The number of ether oxygens (including phenoxy) is 1. The molecule has 134 valence electrons. The van der Waals surface area contributed by atoms with Crippen molar-refractivity contribution in [3.05, 3.63) is 24.5 Å². The number of nitrogens with zero attached hydrogens (tertiary/aromatic N) is 4. The van der Waals surface area contributed by atoms with Crippen LogP contribution in [0.3, 0.4) is 0 Å². The summed E-state index contributed by atoms with van der Waals surface area (Å²) in [6.45, 7) is 3.16. The molecule has 2 aromatic heterocycles. The van der Waals surface area contributed by atoms with Gasteiger partial charge in [-0.15, -0.1) is 10.2 Å². The number of aromatic nitrogens is 3. The van der Waals surface area contributed by atoms with Crippen LogP contribution in [0.5, 0.6) is 0 Å². The largest absolute Gasteiger partial charge is 0.376 e. The Labute approximate surface area is 151 Å². The first-order chi connectivity index (χ1) is 12.3. The second kappa shape index (κ2) is 7.53. The molecule has 8 heteroatoms. The Morgan fingerprint density at radius 1 is 1.20 bits per heavy atom. The van der Waals surface area contributed by atoms with Gasteiger partial charge in [0.1, 0.15) is 0 Å². The molecule has 2 fully saturated rings.